The van der Waals surface area contributed by atoms with Crippen LogP contribution in [0, 0.1) is 5.92 Å². The van der Waals surface area contributed by atoms with Crippen LogP contribution in [0.4, 0.5) is 11.6 Å². The first kappa shape index (κ1) is 24.6. The Morgan fingerprint density at radius 2 is 1.97 bits per heavy atom. The van der Waals surface area contributed by atoms with Crippen molar-refractivity contribution in [2.75, 3.05) is 30.7 Å². The maximum Gasteiger partial charge on any atom is 0.241 e. The van der Waals surface area contributed by atoms with Crippen molar-refractivity contribution in [3.8, 4) is 0 Å². The molecule has 1 aliphatic rings. The number of hydrogen-bond acceptors (Lipinski definition) is 6. The first-order valence-corrected chi connectivity index (χ1v) is 12.7. The average Bonchev–Trinajstić information content (AvgIpc) is 3.27. The average molecular weight is 503 g/mol. The molecular formula is C20H28Cl2N6O3S. The number of anilines is 2. The van der Waals surface area contributed by atoms with Crippen molar-refractivity contribution < 1.29 is 13.2 Å². The number of rotatable bonds is 9. The standard InChI is InChI=1S/C20H28Cl2N6O3S/c1-13-4-9-28(10-5-13)19(29)17(3-2-6-24-20-25-7-8-26-20)27-32(30,31)14-11-15(21)18(23)16(22)12-14/h7-8,11-13,17,27H,2-6,9-10,23H2,1H3,(H2,24,25,26)/t17-/m0/s1. The van der Waals surface area contributed by atoms with Crippen LogP contribution in [0.3, 0.4) is 0 Å². The molecule has 1 fully saturated rings. The minimum absolute atomic E-state index is 0.0356. The largest absolute Gasteiger partial charge is 0.396 e. The second kappa shape index (κ2) is 10.7. The Morgan fingerprint density at radius 1 is 1.31 bits per heavy atom. The predicted octanol–water partition coefficient (Wildman–Crippen LogP) is 3.10. The molecule has 12 heteroatoms. The number of nitrogen functional groups attached to an aromatic ring is 1. The number of amides is 1. The highest BCUT2D eigenvalue weighted by Crippen LogP contribution is 2.31. The number of halogens is 2. The van der Waals surface area contributed by atoms with Gasteiger partial charge in [-0.2, -0.15) is 4.72 Å². The minimum Gasteiger partial charge on any atom is -0.396 e. The molecule has 1 atom stereocenters. The van der Waals surface area contributed by atoms with Gasteiger partial charge in [-0.15, -0.1) is 0 Å². The van der Waals surface area contributed by atoms with E-state index < -0.39 is 16.1 Å². The number of aromatic nitrogens is 2. The van der Waals surface area contributed by atoms with E-state index in [2.05, 4.69) is 26.9 Å². The molecule has 0 saturated carbocycles. The summed E-state index contributed by atoms with van der Waals surface area (Å²) in [4.78, 5) is 21.8. The molecule has 1 aromatic carbocycles. The SMILES string of the molecule is CC1CCN(C(=O)[C@H](CCCNc2ncc[nH]2)NS(=O)(=O)c2cc(Cl)c(N)c(Cl)c2)CC1. The van der Waals surface area contributed by atoms with Crippen LogP contribution in [-0.2, 0) is 14.8 Å². The number of nitrogens with zero attached hydrogens (tertiary/aromatic N) is 2. The molecule has 3 rings (SSSR count). The van der Waals surface area contributed by atoms with E-state index in [4.69, 9.17) is 28.9 Å². The molecular weight excluding hydrogens is 475 g/mol. The van der Waals surface area contributed by atoms with Crippen LogP contribution in [0.5, 0.6) is 0 Å². The summed E-state index contributed by atoms with van der Waals surface area (Å²) in [6.07, 6.45) is 5.98. The third kappa shape index (κ3) is 6.28. The zero-order chi connectivity index (χ0) is 23.3. The lowest BCUT2D eigenvalue weighted by Crippen LogP contribution is -2.50. The summed E-state index contributed by atoms with van der Waals surface area (Å²) < 4.78 is 28.7. The van der Waals surface area contributed by atoms with E-state index in [1.54, 1.807) is 17.3 Å². The molecule has 0 unspecified atom stereocenters. The van der Waals surface area contributed by atoms with Gasteiger partial charge in [0.25, 0.3) is 0 Å². The number of imidazole rings is 1. The van der Waals surface area contributed by atoms with Gasteiger partial charge in [0.2, 0.25) is 15.9 Å². The number of carbonyl (C=O) groups excluding carboxylic acids is 1. The Morgan fingerprint density at radius 3 is 2.56 bits per heavy atom. The fourth-order valence-electron chi connectivity index (χ4n) is 3.53. The van der Waals surface area contributed by atoms with Crippen molar-refractivity contribution >= 4 is 50.8 Å². The van der Waals surface area contributed by atoms with Gasteiger partial charge in [-0.3, -0.25) is 4.79 Å². The number of likely N-dealkylation sites (tertiary alicyclic amines) is 1. The number of nitrogens with one attached hydrogen (secondary N) is 3. The summed E-state index contributed by atoms with van der Waals surface area (Å²) in [7, 11) is -4.06. The van der Waals surface area contributed by atoms with Crippen LogP contribution < -0.4 is 15.8 Å². The smallest absolute Gasteiger partial charge is 0.241 e. The molecule has 2 heterocycles. The van der Waals surface area contributed by atoms with Crippen LogP contribution in [0.2, 0.25) is 10.0 Å². The lowest BCUT2D eigenvalue weighted by atomic mass is 9.98. The number of nitrogens with two attached hydrogens (primary N) is 1. The van der Waals surface area contributed by atoms with Crippen molar-refractivity contribution in [2.24, 2.45) is 5.92 Å². The van der Waals surface area contributed by atoms with E-state index in [-0.39, 0.29) is 26.5 Å². The Labute approximate surface area is 198 Å². The van der Waals surface area contributed by atoms with Crippen molar-refractivity contribution in [3.05, 3.63) is 34.6 Å². The van der Waals surface area contributed by atoms with E-state index in [0.29, 0.717) is 44.3 Å². The zero-order valence-corrected chi connectivity index (χ0v) is 20.1. The molecule has 1 aliphatic heterocycles. The second-order valence-corrected chi connectivity index (χ2v) is 10.5. The summed E-state index contributed by atoms with van der Waals surface area (Å²) in [6, 6.07) is 1.54. The van der Waals surface area contributed by atoms with E-state index in [1.807, 2.05) is 0 Å². The number of piperidine rings is 1. The number of benzene rings is 1. The van der Waals surface area contributed by atoms with Crippen LogP contribution in [-0.4, -0.2) is 54.9 Å². The molecule has 1 amide bonds. The van der Waals surface area contributed by atoms with Gasteiger partial charge in [0.15, 0.2) is 5.95 Å². The fourth-order valence-corrected chi connectivity index (χ4v) is 5.42. The monoisotopic (exact) mass is 502 g/mol. The molecule has 0 bridgehead atoms. The van der Waals surface area contributed by atoms with Crippen LogP contribution in [0.1, 0.15) is 32.6 Å². The summed E-state index contributed by atoms with van der Waals surface area (Å²) in [5.74, 6) is 0.932. The highest BCUT2D eigenvalue weighted by Gasteiger charge is 2.31. The molecule has 0 aliphatic carbocycles. The number of hydrogen-bond donors (Lipinski definition) is 4. The maximum atomic E-state index is 13.2. The number of H-pyrrole nitrogens is 1. The molecule has 2 aromatic rings. The van der Waals surface area contributed by atoms with E-state index in [9.17, 15) is 13.2 Å². The first-order valence-electron chi connectivity index (χ1n) is 10.5. The molecule has 9 nitrogen and oxygen atoms in total. The first-order chi connectivity index (χ1) is 15.2. The highest BCUT2D eigenvalue weighted by molar-refractivity contribution is 7.89. The molecule has 5 N–H and O–H groups in total. The molecule has 176 valence electrons. The van der Waals surface area contributed by atoms with Crippen LogP contribution in [0.15, 0.2) is 29.4 Å². The normalized spacial score (nSPS) is 16.2. The Balaban J connectivity index is 1.73. The third-order valence-electron chi connectivity index (χ3n) is 5.51. The van der Waals surface area contributed by atoms with E-state index in [1.165, 1.54) is 12.1 Å². The van der Waals surface area contributed by atoms with Crippen molar-refractivity contribution in [1.82, 2.24) is 19.6 Å². The van der Waals surface area contributed by atoms with Crippen LogP contribution >= 0.6 is 23.2 Å². The van der Waals surface area contributed by atoms with Crippen molar-refractivity contribution in [1.29, 1.82) is 0 Å². The second-order valence-electron chi connectivity index (χ2n) is 7.99. The predicted molar refractivity (Wildman–Crippen MR) is 126 cm³/mol. The third-order valence-corrected chi connectivity index (χ3v) is 7.59. The van der Waals surface area contributed by atoms with E-state index in [0.717, 1.165) is 12.8 Å². The molecule has 0 radical (unpaired) electrons. The molecule has 0 spiro atoms. The number of aromatic amines is 1. The van der Waals surface area contributed by atoms with Gasteiger partial charge in [-0.1, -0.05) is 30.1 Å². The summed E-state index contributed by atoms with van der Waals surface area (Å²) in [5.41, 5.74) is 5.82. The van der Waals surface area contributed by atoms with Gasteiger partial charge in [0, 0.05) is 32.0 Å². The Hall–Kier alpha value is -2.01. The minimum atomic E-state index is -4.06. The van der Waals surface area contributed by atoms with Gasteiger partial charge in [0.1, 0.15) is 6.04 Å². The van der Waals surface area contributed by atoms with Gasteiger partial charge in [-0.25, -0.2) is 13.4 Å². The number of sulfonamides is 1. The maximum absolute atomic E-state index is 13.2. The summed E-state index contributed by atoms with van der Waals surface area (Å²) in [5, 5.41) is 3.17. The lowest BCUT2D eigenvalue weighted by Gasteiger charge is -2.33. The topological polar surface area (TPSA) is 133 Å². The number of carbonyl (C=O) groups is 1. The van der Waals surface area contributed by atoms with Crippen molar-refractivity contribution in [2.45, 2.75) is 43.5 Å². The molecule has 1 saturated heterocycles. The van der Waals surface area contributed by atoms with Gasteiger partial charge >= 0.3 is 0 Å². The highest BCUT2D eigenvalue weighted by atomic mass is 35.5. The molecule has 32 heavy (non-hydrogen) atoms. The van der Waals surface area contributed by atoms with E-state index >= 15 is 0 Å². The lowest BCUT2D eigenvalue weighted by molar-refractivity contribution is -0.134. The Kier molecular flexibility index (Phi) is 8.26. The van der Waals surface area contributed by atoms with Crippen molar-refractivity contribution in [3.63, 3.8) is 0 Å². The Bertz CT molecular complexity index is 1000. The summed E-state index contributed by atoms with van der Waals surface area (Å²) in [6.45, 7) is 3.90. The fraction of sp³-hybridized carbons (Fsp3) is 0.500. The quantitative estimate of drug-likeness (QED) is 0.307. The van der Waals surface area contributed by atoms with Gasteiger partial charge in [0.05, 0.1) is 20.6 Å². The van der Waals surface area contributed by atoms with Gasteiger partial charge < -0.3 is 20.9 Å². The zero-order valence-electron chi connectivity index (χ0n) is 17.8. The summed E-state index contributed by atoms with van der Waals surface area (Å²) >= 11 is 12.0. The van der Waals surface area contributed by atoms with Gasteiger partial charge in [-0.05, 0) is 43.7 Å². The van der Waals surface area contributed by atoms with Crippen LogP contribution in [0.25, 0.3) is 0 Å². The molecule has 1 aromatic heterocycles.